The van der Waals surface area contributed by atoms with E-state index in [-0.39, 0.29) is 5.88 Å². The number of aromatic nitrogens is 2. The molecule has 1 heterocycles. The topological polar surface area (TPSA) is 77.7 Å². The molecule has 0 amide bonds. The fourth-order valence-electron chi connectivity index (χ4n) is 2.55. The lowest BCUT2D eigenvalue weighted by molar-refractivity contribution is -0.745. The van der Waals surface area contributed by atoms with Gasteiger partial charge in [0.2, 0.25) is 11.8 Å². The zero-order chi connectivity index (χ0) is 16.9. The molecule has 0 spiro atoms. The monoisotopic (exact) mass is 322 g/mol. The Morgan fingerprint density at radius 2 is 1.79 bits per heavy atom. The highest BCUT2D eigenvalue weighted by atomic mass is 16.5. The number of benzene rings is 2. The quantitative estimate of drug-likeness (QED) is 0.397. The lowest BCUT2D eigenvalue weighted by atomic mass is 10.0. The van der Waals surface area contributed by atoms with Crippen molar-refractivity contribution < 1.29 is 9.20 Å². The Bertz CT molecular complexity index is 824. The highest BCUT2D eigenvalue weighted by Crippen LogP contribution is 2.28. The highest BCUT2D eigenvalue weighted by molar-refractivity contribution is 5.65. The van der Waals surface area contributed by atoms with Gasteiger partial charge in [0.15, 0.2) is 0 Å². The van der Waals surface area contributed by atoms with Gasteiger partial charge in [0, 0.05) is 5.56 Å². The van der Waals surface area contributed by atoms with Crippen LogP contribution in [-0.2, 0) is 6.54 Å². The van der Waals surface area contributed by atoms with Crippen LogP contribution < -0.4 is 4.68 Å². The minimum atomic E-state index is 0.109. The molecule has 24 heavy (non-hydrogen) atoms. The van der Waals surface area contributed by atoms with Gasteiger partial charge in [0.25, 0.3) is 0 Å². The summed E-state index contributed by atoms with van der Waals surface area (Å²) in [6.45, 7) is 4.79. The standard InChI is InChI=1S/C18H18N4O2/c1-13(2)15-8-10-16(11-9-15)17-18(19-20-23)24-21-22(17)12-14-6-4-3-5-7-14/h3-11,13H,12H2,1-2H3. The molecule has 3 rings (SSSR count). The third-order valence-corrected chi connectivity index (χ3v) is 3.84. The molecule has 0 aliphatic carbocycles. The fourth-order valence-corrected chi connectivity index (χ4v) is 2.55. The van der Waals surface area contributed by atoms with Crippen LogP contribution in [0.4, 0.5) is 5.88 Å². The largest absolute Gasteiger partial charge is 0.775 e. The number of hydrogen-bond donors (Lipinski definition) is 0. The second-order valence-electron chi connectivity index (χ2n) is 5.83. The molecule has 3 aromatic rings. The van der Waals surface area contributed by atoms with Crippen LogP contribution in [-0.4, -0.2) is 5.27 Å². The second-order valence-corrected chi connectivity index (χ2v) is 5.83. The Balaban J connectivity index is 2.02. The first kappa shape index (κ1) is 15.9. The summed E-state index contributed by atoms with van der Waals surface area (Å²) in [5.74, 6) is 0.553. The van der Waals surface area contributed by atoms with E-state index in [1.54, 1.807) is 4.68 Å². The molecule has 0 fully saturated rings. The van der Waals surface area contributed by atoms with Crippen LogP contribution >= 0.6 is 0 Å². The number of rotatable bonds is 5. The zero-order valence-corrected chi connectivity index (χ0v) is 13.6. The van der Waals surface area contributed by atoms with E-state index in [1.807, 2.05) is 42.5 Å². The van der Waals surface area contributed by atoms with Gasteiger partial charge in [-0.15, -0.1) is 5.11 Å². The van der Waals surface area contributed by atoms with Gasteiger partial charge in [0.05, 0.1) is 5.56 Å². The lowest BCUT2D eigenvalue weighted by Gasteiger charge is -2.04. The molecule has 6 nitrogen and oxygen atoms in total. The molecule has 2 aromatic carbocycles. The Morgan fingerprint density at radius 3 is 2.42 bits per heavy atom. The molecule has 6 heteroatoms. The number of hydrogen-bond acceptors (Lipinski definition) is 5. The Kier molecular flexibility index (Phi) is 4.65. The summed E-state index contributed by atoms with van der Waals surface area (Å²) in [7, 11) is 0. The Morgan fingerprint density at radius 1 is 1.08 bits per heavy atom. The summed E-state index contributed by atoms with van der Waals surface area (Å²) in [6, 6.07) is 18.0. The fraction of sp³-hybridized carbons (Fsp3) is 0.222. The smallest absolute Gasteiger partial charge is 0.347 e. The van der Waals surface area contributed by atoms with Crippen molar-refractivity contribution in [3.8, 4) is 11.3 Å². The van der Waals surface area contributed by atoms with Crippen molar-refractivity contribution in [2.45, 2.75) is 26.3 Å². The third kappa shape index (κ3) is 3.32. The summed E-state index contributed by atoms with van der Waals surface area (Å²) < 4.78 is 6.88. The summed E-state index contributed by atoms with van der Waals surface area (Å²) in [5, 5.41) is 20.7. The zero-order valence-electron chi connectivity index (χ0n) is 13.6. The van der Waals surface area contributed by atoms with Gasteiger partial charge in [-0.05, 0) is 28.3 Å². The van der Waals surface area contributed by atoms with Crippen molar-refractivity contribution in [1.82, 2.24) is 5.27 Å². The summed E-state index contributed by atoms with van der Waals surface area (Å²) in [4.78, 5) is 0. The Labute approximate surface area is 140 Å². The predicted octanol–water partition coefficient (Wildman–Crippen LogP) is 4.38. The van der Waals surface area contributed by atoms with Gasteiger partial charge in [-0.25, -0.2) is 5.28 Å². The SMILES string of the molecule is CC(C)c1ccc(-c2c(N=N[O-])on[n+]2Cc2ccccc2)cc1. The van der Waals surface area contributed by atoms with E-state index in [9.17, 15) is 5.21 Å². The predicted molar refractivity (Wildman–Crippen MR) is 89.7 cm³/mol. The lowest BCUT2D eigenvalue weighted by Crippen LogP contribution is -2.38. The molecule has 0 unspecified atom stereocenters. The van der Waals surface area contributed by atoms with Gasteiger partial charge < -0.3 is 5.21 Å². The normalized spacial score (nSPS) is 11.5. The highest BCUT2D eigenvalue weighted by Gasteiger charge is 2.26. The van der Waals surface area contributed by atoms with Gasteiger partial charge in [-0.3, -0.25) is 4.52 Å². The van der Waals surface area contributed by atoms with Crippen LogP contribution in [0.5, 0.6) is 0 Å². The summed E-state index contributed by atoms with van der Waals surface area (Å²) in [6.07, 6.45) is 0. The average molecular weight is 322 g/mol. The van der Waals surface area contributed by atoms with Crippen LogP contribution in [0, 0.1) is 5.21 Å². The van der Waals surface area contributed by atoms with Crippen molar-refractivity contribution in [1.29, 1.82) is 0 Å². The average Bonchev–Trinajstić information content (AvgIpc) is 2.98. The molecular weight excluding hydrogens is 304 g/mol. The minimum Gasteiger partial charge on any atom is -0.775 e. The molecular formula is C18H18N4O2. The van der Waals surface area contributed by atoms with Crippen LogP contribution in [0.25, 0.3) is 11.3 Å². The van der Waals surface area contributed by atoms with E-state index in [0.717, 1.165) is 11.1 Å². The van der Waals surface area contributed by atoms with E-state index >= 15 is 0 Å². The minimum absolute atomic E-state index is 0.109. The molecule has 0 radical (unpaired) electrons. The molecule has 0 saturated heterocycles. The molecule has 0 bridgehead atoms. The van der Waals surface area contributed by atoms with Crippen molar-refractivity contribution in [3.63, 3.8) is 0 Å². The molecule has 0 aliphatic rings. The van der Waals surface area contributed by atoms with Crippen molar-refractivity contribution in [2.24, 2.45) is 10.4 Å². The van der Waals surface area contributed by atoms with Gasteiger partial charge in [0.1, 0.15) is 0 Å². The maximum Gasteiger partial charge on any atom is 0.347 e. The van der Waals surface area contributed by atoms with Crippen molar-refractivity contribution in [2.75, 3.05) is 0 Å². The first-order valence-corrected chi connectivity index (χ1v) is 7.76. The van der Waals surface area contributed by atoms with Crippen LogP contribution in [0.3, 0.4) is 0 Å². The van der Waals surface area contributed by atoms with E-state index < -0.39 is 0 Å². The molecule has 0 N–H and O–H groups in total. The first-order valence-electron chi connectivity index (χ1n) is 7.76. The van der Waals surface area contributed by atoms with E-state index in [1.165, 1.54) is 5.56 Å². The van der Waals surface area contributed by atoms with Gasteiger partial charge in [-0.1, -0.05) is 56.3 Å². The van der Waals surface area contributed by atoms with Crippen LogP contribution in [0.15, 0.2) is 69.5 Å². The maximum atomic E-state index is 10.6. The van der Waals surface area contributed by atoms with E-state index in [4.69, 9.17) is 4.52 Å². The van der Waals surface area contributed by atoms with E-state index in [2.05, 4.69) is 41.6 Å². The summed E-state index contributed by atoms with van der Waals surface area (Å²) >= 11 is 0. The third-order valence-electron chi connectivity index (χ3n) is 3.84. The van der Waals surface area contributed by atoms with Crippen LogP contribution in [0.2, 0.25) is 0 Å². The molecule has 0 atom stereocenters. The van der Waals surface area contributed by atoms with Crippen LogP contribution in [0.1, 0.15) is 30.9 Å². The van der Waals surface area contributed by atoms with Crippen molar-refractivity contribution >= 4 is 5.88 Å². The molecule has 0 aliphatic heterocycles. The van der Waals surface area contributed by atoms with E-state index in [0.29, 0.717) is 18.2 Å². The first-order chi connectivity index (χ1) is 11.7. The molecule has 0 saturated carbocycles. The second kappa shape index (κ2) is 7.04. The number of nitrogens with zero attached hydrogens (tertiary/aromatic N) is 4. The Hall–Kier alpha value is -3.02. The van der Waals surface area contributed by atoms with Crippen molar-refractivity contribution in [3.05, 3.63) is 70.9 Å². The van der Waals surface area contributed by atoms with Gasteiger partial charge >= 0.3 is 11.6 Å². The summed E-state index contributed by atoms with van der Waals surface area (Å²) in [5.41, 5.74) is 3.81. The van der Waals surface area contributed by atoms with Gasteiger partial charge in [-0.2, -0.15) is 0 Å². The molecule has 122 valence electrons. The molecule has 1 aromatic heterocycles. The maximum absolute atomic E-state index is 10.6.